The summed E-state index contributed by atoms with van der Waals surface area (Å²) in [5.41, 5.74) is 4.30. The summed E-state index contributed by atoms with van der Waals surface area (Å²) in [4.78, 5) is 4.70. The number of hydrogen-bond acceptors (Lipinski definition) is 4. The molecule has 4 heteroatoms. The summed E-state index contributed by atoms with van der Waals surface area (Å²) < 4.78 is 5.76. The lowest BCUT2D eigenvalue weighted by atomic mass is 10.1. The normalized spacial score (nSPS) is 22.4. The quantitative estimate of drug-likeness (QED) is 0.890. The van der Waals surface area contributed by atoms with Gasteiger partial charge < -0.3 is 15.0 Å². The van der Waals surface area contributed by atoms with Crippen LogP contribution in [-0.4, -0.2) is 57.9 Å². The van der Waals surface area contributed by atoms with Crippen molar-refractivity contribution in [3.63, 3.8) is 0 Å². The highest BCUT2D eigenvalue weighted by Gasteiger charge is 2.18. The fraction of sp³-hybridized carbons (Fsp3) is 0.625. The first kappa shape index (κ1) is 13.9. The van der Waals surface area contributed by atoms with Gasteiger partial charge in [-0.3, -0.25) is 4.90 Å². The van der Waals surface area contributed by atoms with E-state index in [2.05, 4.69) is 47.4 Å². The van der Waals surface area contributed by atoms with E-state index in [0.717, 1.165) is 39.3 Å². The molecule has 0 amide bonds. The molecule has 2 aliphatic rings. The lowest BCUT2D eigenvalue weighted by Crippen LogP contribution is -2.44. The SMILES string of the molecule is CN(Cc1ccc2c(c1)CCN2C)CC1CNCCO1. The number of anilines is 1. The van der Waals surface area contributed by atoms with Gasteiger partial charge in [0.25, 0.3) is 0 Å². The first-order valence-electron chi connectivity index (χ1n) is 7.56. The maximum Gasteiger partial charge on any atom is 0.0826 e. The molecule has 1 aromatic rings. The molecule has 1 fully saturated rings. The van der Waals surface area contributed by atoms with E-state index in [9.17, 15) is 0 Å². The fourth-order valence-electron chi connectivity index (χ4n) is 3.18. The lowest BCUT2D eigenvalue weighted by molar-refractivity contribution is 0.00885. The highest BCUT2D eigenvalue weighted by atomic mass is 16.5. The lowest BCUT2D eigenvalue weighted by Gasteiger charge is -2.28. The molecule has 0 aromatic heterocycles. The molecule has 1 saturated heterocycles. The number of nitrogens with one attached hydrogen (secondary N) is 1. The molecule has 1 unspecified atom stereocenters. The van der Waals surface area contributed by atoms with Crippen LogP contribution in [0.25, 0.3) is 0 Å². The zero-order valence-corrected chi connectivity index (χ0v) is 12.6. The molecule has 0 radical (unpaired) electrons. The standard InChI is InChI=1S/C16H25N3O/c1-18(12-15-10-17-6-8-20-15)11-13-3-4-16-14(9-13)5-7-19(16)2/h3-4,9,15,17H,5-8,10-12H2,1-2H3. The van der Waals surface area contributed by atoms with Crippen LogP contribution in [0.15, 0.2) is 18.2 Å². The molecule has 4 nitrogen and oxygen atoms in total. The van der Waals surface area contributed by atoms with E-state index in [1.807, 2.05) is 0 Å². The van der Waals surface area contributed by atoms with Crippen molar-refractivity contribution in [2.24, 2.45) is 0 Å². The topological polar surface area (TPSA) is 27.7 Å². The summed E-state index contributed by atoms with van der Waals surface area (Å²) in [7, 11) is 4.35. The number of fused-ring (bicyclic) bond motifs is 1. The molecule has 3 rings (SSSR count). The zero-order valence-electron chi connectivity index (χ0n) is 12.6. The Balaban J connectivity index is 1.57. The van der Waals surface area contributed by atoms with Crippen molar-refractivity contribution >= 4 is 5.69 Å². The van der Waals surface area contributed by atoms with Gasteiger partial charge >= 0.3 is 0 Å². The summed E-state index contributed by atoms with van der Waals surface area (Å²) in [6.45, 7) is 5.93. The molecule has 0 saturated carbocycles. The molecule has 0 spiro atoms. The van der Waals surface area contributed by atoms with Crippen molar-refractivity contribution in [1.82, 2.24) is 10.2 Å². The van der Waals surface area contributed by atoms with E-state index >= 15 is 0 Å². The number of nitrogens with zero attached hydrogens (tertiary/aromatic N) is 2. The minimum Gasteiger partial charge on any atom is -0.374 e. The van der Waals surface area contributed by atoms with E-state index in [0.29, 0.717) is 6.10 Å². The third-order valence-corrected chi connectivity index (χ3v) is 4.24. The molecule has 0 bridgehead atoms. The molecule has 20 heavy (non-hydrogen) atoms. The minimum absolute atomic E-state index is 0.328. The van der Waals surface area contributed by atoms with Crippen LogP contribution in [0.4, 0.5) is 5.69 Å². The first-order valence-corrected chi connectivity index (χ1v) is 7.56. The number of benzene rings is 1. The highest BCUT2D eigenvalue weighted by molar-refractivity contribution is 5.58. The second-order valence-corrected chi connectivity index (χ2v) is 6.03. The van der Waals surface area contributed by atoms with E-state index < -0.39 is 0 Å². The van der Waals surface area contributed by atoms with Crippen molar-refractivity contribution in [2.45, 2.75) is 19.1 Å². The van der Waals surface area contributed by atoms with Crippen LogP contribution in [0.2, 0.25) is 0 Å². The summed E-state index contributed by atoms with van der Waals surface area (Å²) in [6.07, 6.45) is 1.51. The van der Waals surface area contributed by atoms with Crippen LogP contribution in [0, 0.1) is 0 Å². The van der Waals surface area contributed by atoms with E-state index in [4.69, 9.17) is 4.74 Å². The van der Waals surface area contributed by atoms with Crippen LogP contribution in [0.5, 0.6) is 0 Å². The van der Waals surface area contributed by atoms with Gasteiger partial charge in [0.2, 0.25) is 0 Å². The Hall–Kier alpha value is -1.10. The van der Waals surface area contributed by atoms with Crippen LogP contribution < -0.4 is 10.2 Å². The van der Waals surface area contributed by atoms with E-state index in [1.165, 1.54) is 23.2 Å². The van der Waals surface area contributed by atoms with Crippen molar-refractivity contribution in [2.75, 3.05) is 51.8 Å². The van der Waals surface area contributed by atoms with Crippen molar-refractivity contribution < 1.29 is 4.74 Å². The smallest absolute Gasteiger partial charge is 0.0826 e. The summed E-state index contributed by atoms with van der Waals surface area (Å²) in [6, 6.07) is 6.90. The Morgan fingerprint density at radius 3 is 3.15 bits per heavy atom. The fourth-order valence-corrected chi connectivity index (χ4v) is 3.18. The largest absolute Gasteiger partial charge is 0.374 e. The number of rotatable bonds is 4. The van der Waals surface area contributed by atoms with Gasteiger partial charge in [-0.15, -0.1) is 0 Å². The van der Waals surface area contributed by atoms with Crippen LogP contribution in [-0.2, 0) is 17.7 Å². The Kier molecular flexibility index (Phi) is 4.24. The molecular weight excluding hydrogens is 250 g/mol. The molecule has 2 heterocycles. The van der Waals surface area contributed by atoms with E-state index in [1.54, 1.807) is 0 Å². The van der Waals surface area contributed by atoms with Crippen molar-refractivity contribution in [3.8, 4) is 0 Å². The first-order chi connectivity index (χ1) is 9.72. The molecular formula is C16H25N3O. The van der Waals surface area contributed by atoms with Crippen molar-refractivity contribution in [1.29, 1.82) is 0 Å². The average molecular weight is 275 g/mol. The summed E-state index contributed by atoms with van der Waals surface area (Å²) >= 11 is 0. The maximum absolute atomic E-state index is 5.76. The third-order valence-electron chi connectivity index (χ3n) is 4.24. The predicted octanol–water partition coefficient (Wildman–Crippen LogP) is 1.10. The Bertz CT molecular complexity index is 457. The molecule has 1 N–H and O–H groups in total. The molecule has 1 atom stereocenters. The van der Waals surface area contributed by atoms with Gasteiger partial charge in [0.05, 0.1) is 12.7 Å². The van der Waals surface area contributed by atoms with Gasteiger partial charge in [-0.1, -0.05) is 12.1 Å². The second-order valence-electron chi connectivity index (χ2n) is 6.03. The Labute approximate surface area is 121 Å². The number of hydrogen-bond donors (Lipinski definition) is 1. The maximum atomic E-state index is 5.76. The summed E-state index contributed by atoms with van der Waals surface area (Å²) in [5, 5.41) is 3.39. The summed E-state index contributed by atoms with van der Waals surface area (Å²) in [5.74, 6) is 0. The van der Waals surface area contributed by atoms with Gasteiger partial charge in [0, 0.05) is 45.5 Å². The molecule has 2 aliphatic heterocycles. The minimum atomic E-state index is 0.328. The Morgan fingerprint density at radius 2 is 2.35 bits per heavy atom. The number of ether oxygens (including phenoxy) is 1. The average Bonchev–Trinajstić information content (AvgIpc) is 2.81. The third kappa shape index (κ3) is 3.14. The molecule has 110 valence electrons. The number of likely N-dealkylation sites (N-methyl/N-ethyl adjacent to an activating group) is 2. The van der Waals surface area contributed by atoms with Crippen LogP contribution in [0.3, 0.4) is 0 Å². The molecule has 1 aromatic carbocycles. The zero-order chi connectivity index (χ0) is 13.9. The Morgan fingerprint density at radius 1 is 1.45 bits per heavy atom. The van der Waals surface area contributed by atoms with E-state index in [-0.39, 0.29) is 0 Å². The number of morpholine rings is 1. The van der Waals surface area contributed by atoms with Crippen molar-refractivity contribution in [3.05, 3.63) is 29.3 Å². The van der Waals surface area contributed by atoms with Gasteiger partial charge in [0.1, 0.15) is 0 Å². The highest BCUT2D eigenvalue weighted by Crippen LogP contribution is 2.27. The van der Waals surface area contributed by atoms with Gasteiger partial charge in [-0.05, 0) is 30.7 Å². The van der Waals surface area contributed by atoms with Gasteiger partial charge in [-0.25, -0.2) is 0 Å². The monoisotopic (exact) mass is 275 g/mol. The molecule has 0 aliphatic carbocycles. The van der Waals surface area contributed by atoms with Gasteiger partial charge in [0.15, 0.2) is 0 Å². The van der Waals surface area contributed by atoms with Crippen LogP contribution >= 0.6 is 0 Å². The van der Waals surface area contributed by atoms with Gasteiger partial charge in [-0.2, -0.15) is 0 Å². The predicted molar refractivity (Wildman–Crippen MR) is 82.4 cm³/mol. The van der Waals surface area contributed by atoms with Crippen LogP contribution in [0.1, 0.15) is 11.1 Å². The second kappa shape index (κ2) is 6.12.